The second kappa shape index (κ2) is 7.54. The van der Waals surface area contributed by atoms with Crippen molar-refractivity contribution in [3.8, 4) is 0 Å². The van der Waals surface area contributed by atoms with Crippen molar-refractivity contribution in [3.63, 3.8) is 0 Å². The van der Waals surface area contributed by atoms with Crippen LogP contribution in [-0.2, 0) is 4.74 Å². The van der Waals surface area contributed by atoms with Crippen molar-refractivity contribution in [1.82, 2.24) is 9.97 Å². The Hall–Kier alpha value is -1.96. The van der Waals surface area contributed by atoms with Gasteiger partial charge in [0.1, 0.15) is 6.33 Å². The molecule has 126 valence electrons. The quantitative estimate of drug-likeness (QED) is 0.657. The van der Waals surface area contributed by atoms with Gasteiger partial charge in [0.15, 0.2) is 0 Å². The van der Waals surface area contributed by atoms with Gasteiger partial charge in [-0.15, -0.1) is 0 Å². The third-order valence-electron chi connectivity index (χ3n) is 4.41. The molecule has 0 bridgehead atoms. The molecule has 3 rings (SSSR count). The molecule has 0 amide bonds. The topological polar surface area (TPSA) is 93.4 Å². The number of hydrogen-bond acceptors (Lipinski definition) is 7. The number of nitrogens with zero attached hydrogens (tertiary/aromatic N) is 4. The van der Waals surface area contributed by atoms with Crippen LogP contribution in [0, 0.1) is 10.1 Å². The van der Waals surface area contributed by atoms with Crippen molar-refractivity contribution >= 4 is 17.3 Å². The normalized spacial score (nSPS) is 21.9. The van der Waals surface area contributed by atoms with Crippen LogP contribution in [0.3, 0.4) is 0 Å². The highest BCUT2D eigenvalue weighted by Crippen LogP contribution is 2.33. The number of aromatic nitrogens is 2. The second-order valence-corrected chi connectivity index (χ2v) is 6.07. The summed E-state index contributed by atoms with van der Waals surface area (Å²) in [5.74, 6) is 0.724. The van der Waals surface area contributed by atoms with E-state index in [4.69, 9.17) is 4.74 Å². The van der Waals surface area contributed by atoms with E-state index < -0.39 is 0 Å². The minimum Gasteiger partial charge on any atom is -0.376 e. The van der Waals surface area contributed by atoms with Gasteiger partial charge in [0.25, 0.3) is 0 Å². The van der Waals surface area contributed by atoms with E-state index in [-0.39, 0.29) is 16.7 Å². The van der Waals surface area contributed by atoms with Gasteiger partial charge in [-0.25, -0.2) is 9.97 Å². The van der Waals surface area contributed by atoms with E-state index in [0.29, 0.717) is 18.2 Å². The molecule has 0 radical (unpaired) electrons. The van der Waals surface area contributed by atoms with Gasteiger partial charge in [-0.3, -0.25) is 10.1 Å². The standard InChI is InChI=1S/C15H23N5O3/c21-20(22)13-14(16-10-12-6-5-9-23-12)17-11-18-15(13)19-7-3-1-2-4-8-19/h11-12H,1-10H2,(H,16,17,18). The van der Waals surface area contributed by atoms with Crippen LogP contribution in [0.15, 0.2) is 6.33 Å². The van der Waals surface area contributed by atoms with Crippen molar-refractivity contribution in [3.05, 3.63) is 16.4 Å². The van der Waals surface area contributed by atoms with E-state index in [1.807, 2.05) is 4.90 Å². The molecule has 23 heavy (non-hydrogen) atoms. The summed E-state index contributed by atoms with van der Waals surface area (Å²) >= 11 is 0. The summed E-state index contributed by atoms with van der Waals surface area (Å²) in [5, 5.41) is 14.7. The fourth-order valence-electron chi connectivity index (χ4n) is 3.20. The number of nitrogens with one attached hydrogen (secondary N) is 1. The Morgan fingerprint density at radius 1 is 1.26 bits per heavy atom. The summed E-state index contributed by atoms with van der Waals surface area (Å²) in [7, 11) is 0. The monoisotopic (exact) mass is 321 g/mol. The molecule has 3 heterocycles. The van der Waals surface area contributed by atoms with Crippen molar-refractivity contribution < 1.29 is 9.66 Å². The zero-order valence-electron chi connectivity index (χ0n) is 13.2. The van der Waals surface area contributed by atoms with Crippen molar-refractivity contribution in [1.29, 1.82) is 0 Å². The molecule has 1 aromatic rings. The first-order chi connectivity index (χ1) is 11.3. The van der Waals surface area contributed by atoms with Gasteiger partial charge >= 0.3 is 5.69 Å². The molecule has 0 aromatic carbocycles. The number of anilines is 2. The average Bonchev–Trinajstić information content (AvgIpc) is 2.93. The van der Waals surface area contributed by atoms with E-state index in [9.17, 15) is 10.1 Å². The molecule has 1 atom stereocenters. The first kappa shape index (κ1) is 15.9. The zero-order chi connectivity index (χ0) is 16.1. The molecular formula is C15H23N5O3. The molecule has 1 N–H and O–H groups in total. The van der Waals surface area contributed by atoms with E-state index in [0.717, 1.165) is 45.4 Å². The van der Waals surface area contributed by atoms with Crippen LogP contribution >= 0.6 is 0 Å². The van der Waals surface area contributed by atoms with Crippen LogP contribution in [0.1, 0.15) is 38.5 Å². The average molecular weight is 321 g/mol. The number of nitro groups is 1. The van der Waals surface area contributed by atoms with E-state index in [2.05, 4.69) is 15.3 Å². The van der Waals surface area contributed by atoms with Crippen LogP contribution in [0.4, 0.5) is 17.3 Å². The van der Waals surface area contributed by atoms with Gasteiger partial charge in [0, 0.05) is 26.2 Å². The largest absolute Gasteiger partial charge is 0.376 e. The Labute approximate surface area is 135 Å². The molecule has 2 saturated heterocycles. The van der Waals surface area contributed by atoms with Crippen LogP contribution < -0.4 is 10.2 Å². The molecular weight excluding hydrogens is 298 g/mol. The van der Waals surface area contributed by atoms with Crippen LogP contribution in [0.25, 0.3) is 0 Å². The molecule has 0 aliphatic carbocycles. The number of rotatable bonds is 5. The van der Waals surface area contributed by atoms with E-state index in [1.54, 1.807) is 0 Å². The summed E-state index contributed by atoms with van der Waals surface area (Å²) in [6, 6.07) is 0. The molecule has 8 nitrogen and oxygen atoms in total. The fourth-order valence-corrected chi connectivity index (χ4v) is 3.20. The predicted molar refractivity (Wildman–Crippen MR) is 86.8 cm³/mol. The highest BCUT2D eigenvalue weighted by Gasteiger charge is 2.28. The zero-order valence-corrected chi connectivity index (χ0v) is 13.2. The van der Waals surface area contributed by atoms with Gasteiger partial charge in [-0.2, -0.15) is 0 Å². The van der Waals surface area contributed by atoms with Crippen molar-refractivity contribution in [2.45, 2.75) is 44.6 Å². The highest BCUT2D eigenvalue weighted by atomic mass is 16.6. The lowest BCUT2D eigenvalue weighted by molar-refractivity contribution is -0.383. The molecule has 0 saturated carbocycles. The van der Waals surface area contributed by atoms with Crippen molar-refractivity contribution in [2.24, 2.45) is 0 Å². The Balaban J connectivity index is 1.80. The Bertz CT molecular complexity index is 540. The maximum Gasteiger partial charge on any atom is 0.353 e. The summed E-state index contributed by atoms with van der Waals surface area (Å²) in [4.78, 5) is 21.5. The fraction of sp³-hybridized carbons (Fsp3) is 0.733. The SMILES string of the molecule is O=[N+]([O-])c1c(NCC2CCCO2)ncnc1N1CCCCCC1. The summed E-state index contributed by atoms with van der Waals surface area (Å²) in [6.07, 6.45) is 7.94. The Kier molecular flexibility index (Phi) is 5.22. The Morgan fingerprint density at radius 3 is 2.70 bits per heavy atom. The number of ether oxygens (including phenoxy) is 1. The first-order valence-electron chi connectivity index (χ1n) is 8.35. The summed E-state index contributed by atoms with van der Waals surface area (Å²) < 4.78 is 5.55. The first-order valence-corrected chi connectivity index (χ1v) is 8.35. The van der Waals surface area contributed by atoms with E-state index >= 15 is 0 Å². The number of hydrogen-bond donors (Lipinski definition) is 1. The minimum absolute atomic E-state index is 0.0209. The van der Waals surface area contributed by atoms with Gasteiger partial charge in [-0.1, -0.05) is 12.8 Å². The predicted octanol–water partition coefficient (Wildman–Crippen LogP) is 2.36. The summed E-state index contributed by atoms with van der Waals surface area (Å²) in [6.45, 7) is 2.92. The lowest BCUT2D eigenvalue weighted by atomic mass is 10.2. The molecule has 1 aromatic heterocycles. The Morgan fingerprint density at radius 2 is 2.04 bits per heavy atom. The van der Waals surface area contributed by atoms with Crippen LogP contribution in [0.2, 0.25) is 0 Å². The lowest BCUT2D eigenvalue weighted by Crippen LogP contribution is -2.27. The van der Waals surface area contributed by atoms with E-state index in [1.165, 1.54) is 19.2 Å². The maximum absolute atomic E-state index is 11.6. The van der Waals surface area contributed by atoms with Gasteiger partial charge < -0.3 is 15.0 Å². The lowest BCUT2D eigenvalue weighted by Gasteiger charge is -2.21. The molecule has 0 spiro atoms. The third-order valence-corrected chi connectivity index (χ3v) is 4.41. The smallest absolute Gasteiger partial charge is 0.353 e. The third kappa shape index (κ3) is 3.87. The van der Waals surface area contributed by atoms with Gasteiger partial charge in [-0.05, 0) is 25.7 Å². The van der Waals surface area contributed by atoms with Crippen LogP contribution in [0.5, 0.6) is 0 Å². The molecule has 8 heteroatoms. The van der Waals surface area contributed by atoms with Crippen molar-refractivity contribution in [2.75, 3.05) is 36.5 Å². The van der Waals surface area contributed by atoms with Gasteiger partial charge in [0.2, 0.25) is 11.6 Å². The van der Waals surface area contributed by atoms with Crippen LogP contribution in [-0.4, -0.2) is 47.2 Å². The molecule has 2 aliphatic heterocycles. The molecule has 2 fully saturated rings. The highest BCUT2D eigenvalue weighted by molar-refractivity contribution is 5.70. The minimum atomic E-state index is -0.377. The molecule has 2 aliphatic rings. The summed E-state index contributed by atoms with van der Waals surface area (Å²) in [5.41, 5.74) is -0.0209. The van der Waals surface area contributed by atoms with Gasteiger partial charge in [0.05, 0.1) is 11.0 Å². The maximum atomic E-state index is 11.6. The molecule has 1 unspecified atom stereocenters. The second-order valence-electron chi connectivity index (χ2n) is 6.07.